The molecule has 5 nitrogen and oxygen atoms in total. The Morgan fingerprint density at radius 2 is 2.45 bits per heavy atom. The first kappa shape index (κ1) is 13.3. The van der Waals surface area contributed by atoms with Gasteiger partial charge in [-0.05, 0) is 30.7 Å². The van der Waals surface area contributed by atoms with Gasteiger partial charge in [-0.2, -0.15) is 4.98 Å². The minimum absolute atomic E-state index is 0.0703. The number of thiophene rings is 1. The number of aryl methyl sites for hydroxylation is 1. The van der Waals surface area contributed by atoms with Gasteiger partial charge in [-0.3, -0.25) is 4.79 Å². The number of hydrogen-bond acceptors (Lipinski definition) is 5. The molecule has 106 valence electrons. The second kappa shape index (κ2) is 5.75. The molecular weight excluding hydrogens is 274 g/mol. The zero-order valence-electron chi connectivity index (χ0n) is 11.4. The van der Waals surface area contributed by atoms with E-state index in [-0.39, 0.29) is 11.9 Å². The molecule has 1 fully saturated rings. The maximum absolute atomic E-state index is 12.6. The lowest BCUT2D eigenvalue weighted by molar-refractivity contribution is 0.0566. The maximum atomic E-state index is 12.6. The molecule has 2 aromatic rings. The quantitative estimate of drug-likeness (QED) is 0.872. The van der Waals surface area contributed by atoms with Crippen LogP contribution in [0.4, 0.5) is 0 Å². The normalized spacial score (nSPS) is 19.2. The molecule has 0 radical (unpaired) electrons. The van der Waals surface area contributed by atoms with E-state index in [4.69, 9.17) is 4.52 Å². The highest BCUT2D eigenvalue weighted by molar-refractivity contribution is 7.12. The maximum Gasteiger partial charge on any atom is 0.264 e. The van der Waals surface area contributed by atoms with Crippen LogP contribution in [-0.4, -0.2) is 27.5 Å². The number of hydrogen-bond donors (Lipinski definition) is 0. The van der Waals surface area contributed by atoms with Crippen molar-refractivity contribution in [3.63, 3.8) is 0 Å². The molecule has 0 unspecified atom stereocenters. The minimum Gasteiger partial charge on any atom is -0.337 e. The van der Waals surface area contributed by atoms with E-state index in [1.165, 1.54) is 11.3 Å². The summed E-state index contributed by atoms with van der Waals surface area (Å²) in [6.07, 6.45) is 3.75. The molecule has 0 saturated carbocycles. The van der Waals surface area contributed by atoms with Gasteiger partial charge in [0.1, 0.15) is 6.04 Å². The second-order valence-corrected chi connectivity index (χ2v) is 5.84. The van der Waals surface area contributed by atoms with Gasteiger partial charge in [0.15, 0.2) is 5.82 Å². The van der Waals surface area contributed by atoms with Gasteiger partial charge in [0.25, 0.3) is 5.91 Å². The van der Waals surface area contributed by atoms with E-state index in [1.54, 1.807) is 0 Å². The van der Waals surface area contributed by atoms with Crippen LogP contribution >= 0.6 is 11.3 Å². The lowest BCUT2D eigenvalue weighted by Gasteiger charge is -2.33. The predicted octanol–water partition coefficient (Wildman–Crippen LogP) is 3.06. The molecule has 2 aromatic heterocycles. The molecule has 6 heteroatoms. The molecule has 0 aromatic carbocycles. The SMILES string of the molecule is CCc1noc([C@H]2CCCCN2C(=O)c2cccs2)n1. The number of rotatable bonds is 3. The van der Waals surface area contributed by atoms with Gasteiger partial charge in [-0.15, -0.1) is 11.3 Å². The predicted molar refractivity (Wildman–Crippen MR) is 75.6 cm³/mol. The van der Waals surface area contributed by atoms with Crippen LogP contribution in [0, 0.1) is 0 Å². The fraction of sp³-hybridized carbons (Fsp3) is 0.500. The van der Waals surface area contributed by atoms with Crippen molar-refractivity contribution in [3.8, 4) is 0 Å². The summed E-state index contributed by atoms with van der Waals surface area (Å²) in [6.45, 7) is 2.75. The number of aromatic nitrogens is 2. The Morgan fingerprint density at radius 3 is 3.15 bits per heavy atom. The highest BCUT2D eigenvalue weighted by Gasteiger charge is 2.32. The average Bonchev–Trinajstić information content (AvgIpc) is 3.17. The van der Waals surface area contributed by atoms with Gasteiger partial charge in [0.2, 0.25) is 5.89 Å². The molecule has 3 rings (SSSR count). The van der Waals surface area contributed by atoms with Crippen LogP contribution < -0.4 is 0 Å². The van der Waals surface area contributed by atoms with E-state index in [0.717, 1.165) is 37.1 Å². The van der Waals surface area contributed by atoms with E-state index < -0.39 is 0 Å². The lowest BCUT2D eigenvalue weighted by atomic mass is 10.0. The van der Waals surface area contributed by atoms with E-state index >= 15 is 0 Å². The van der Waals surface area contributed by atoms with Gasteiger partial charge >= 0.3 is 0 Å². The van der Waals surface area contributed by atoms with Gasteiger partial charge in [0.05, 0.1) is 4.88 Å². The first-order valence-corrected chi connectivity index (χ1v) is 7.84. The Labute approximate surface area is 121 Å². The van der Waals surface area contributed by atoms with Crippen LogP contribution in [0.5, 0.6) is 0 Å². The van der Waals surface area contributed by atoms with Gasteiger partial charge in [-0.1, -0.05) is 18.1 Å². The molecule has 0 bridgehead atoms. The van der Waals surface area contributed by atoms with Crippen LogP contribution in [-0.2, 0) is 6.42 Å². The Balaban J connectivity index is 1.85. The van der Waals surface area contributed by atoms with Crippen molar-refractivity contribution in [3.05, 3.63) is 34.1 Å². The molecule has 0 N–H and O–H groups in total. The first-order valence-electron chi connectivity index (χ1n) is 6.96. The summed E-state index contributed by atoms with van der Waals surface area (Å²) < 4.78 is 5.34. The summed E-state index contributed by atoms with van der Waals surface area (Å²) in [5.41, 5.74) is 0. The summed E-state index contributed by atoms with van der Waals surface area (Å²) >= 11 is 1.47. The molecule has 20 heavy (non-hydrogen) atoms. The number of carbonyl (C=O) groups excluding carboxylic acids is 1. The van der Waals surface area contributed by atoms with Crippen molar-refractivity contribution < 1.29 is 9.32 Å². The molecular formula is C14H17N3O2S. The summed E-state index contributed by atoms with van der Waals surface area (Å²) in [4.78, 5) is 19.6. The fourth-order valence-electron chi connectivity index (χ4n) is 2.52. The van der Waals surface area contributed by atoms with Crippen LogP contribution in [0.15, 0.2) is 22.0 Å². The molecule has 1 saturated heterocycles. The lowest BCUT2D eigenvalue weighted by Crippen LogP contribution is -2.38. The third kappa shape index (κ3) is 2.47. The summed E-state index contributed by atoms with van der Waals surface area (Å²) in [6, 6.07) is 3.69. The van der Waals surface area contributed by atoms with E-state index in [2.05, 4.69) is 10.1 Å². The fourth-order valence-corrected chi connectivity index (χ4v) is 3.20. The van der Waals surface area contributed by atoms with Gasteiger partial charge in [-0.25, -0.2) is 0 Å². The number of carbonyl (C=O) groups is 1. The summed E-state index contributed by atoms with van der Waals surface area (Å²) in [5.74, 6) is 1.35. The van der Waals surface area contributed by atoms with Crippen molar-refractivity contribution in [2.24, 2.45) is 0 Å². The van der Waals surface area contributed by atoms with Crippen LogP contribution in [0.25, 0.3) is 0 Å². The first-order chi connectivity index (χ1) is 9.79. The molecule has 0 spiro atoms. The largest absolute Gasteiger partial charge is 0.337 e. The highest BCUT2D eigenvalue weighted by atomic mass is 32.1. The van der Waals surface area contributed by atoms with Crippen molar-refractivity contribution in [1.29, 1.82) is 0 Å². The number of amides is 1. The zero-order valence-corrected chi connectivity index (χ0v) is 12.2. The Morgan fingerprint density at radius 1 is 1.55 bits per heavy atom. The molecule has 1 aliphatic heterocycles. The Kier molecular flexibility index (Phi) is 3.82. The average molecular weight is 291 g/mol. The topological polar surface area (TPSA) is 59.2 Å². The van der Waals surface area contributed by atoms with E-state index in [9.17, 15) is 4.79 Å². The highest BCUT2D eigenvalue weighted by Crippen LogP contribution is 2.31. The van der Waals surface area contributed by atoms with E-state index in [1.807, 2.05) is 29.3 Å². The van der Waals surface area contributed by atoms with Crippen molar-refractivity contribution in [2.45, 2.75) is 38.6 Å². The van der Waals surface area contributed by atoms with Crippen molar-refractivity contribution in [1.82, 2.24) is 15.0 Å². The molecule has 1 amide bonds. The van der Waals surface area contributed by atoms with Gasteiger partial charge < -0.3 is 9.42 Å². The molecule has 1 aliphatic rings. The minimum atomic E-state index is -0.0776. The number of likely N-dealkylation sites (tertiary alicyclic amines) is 1. The Hall–Kier alpha value is -1.69. The van der Waals surface area contributed by atoms with Crippen LogP contribution in [0.2, 0.25) is 0 Å². The standard InChI is InChI=1S/C14H17N3O2S/c1-2-12-15-13(19-16-12)10-6-3-4-8-17(10)14(18)11-7-5-9-20-11/h5,7,9-10H,2-4,6,8H2,1H3/t10-/m1/s1. The molecule has 0 aliphatic carbocycles. The number of nitrogens with zero attached hydrogens (tertiary/aromatic N) is 3. The third-order valence-electron chi connectivity index (χ3n) is 3.58. The third-order valence-corrected chi connectivity index (χ3v) is 4.44. The van der Waals surface area contributed by atoms with Crippen LogP contribution in [0.3, 0.4) is 0 Å². The zero-order chi connectivity index (χ0) is 13.9. The van der Waals surface area contributed by atoms with Crippen molar-refractivity contribution >= 4 is 17.2 Å². The number of piperidine rings is 1. The monoisotopic (exact) mass is 291 g/mol. The van der Waals surface area contributed by atoms with Crippen LogP contribution in [0.1, 0.15) is 53.6 Å². The smallest absolute Gasteiger partial charge is 0.264 e. The summed E-state index contributed by atoms with van der Waals surface area (Å²) in [5, 5.41) is 5.87. The van der Waals surface area contributed by atoms with Gasteiger partial charge in [0, 0.05) is 13.0 Å². The Bertz CT molecular complexity index is 579. The van der Waals surface area contributed by atoms with E-state index in [0.29, 0.717) is 11.7 Å². The molecule has 1 atom stereocenters. The summed E-state index contributed by atoms with van der Waals surface area (Å²) in [7, 11) is 0. The molecule has 3 heterocycles. The van der Waals surface area contributed by atoms with Crippen molar-refractivity contribution in [2.75, 3.05) is 6.54 Å². The second-order valence-electron chi connectivity index (χ2n) is 4.89.